The summed E-state index contributed by atoms with van der Waals surface area (Å²) in [5, 5.41) is 8.92. The second kappa shape index (κ2) is 4.63. The van der Waals surface area contributed by atoms with Crippen molar-refractivity contribution in [2.75, 3.05) is 7.05 Å². The summed E-state index contributed by atoms with van der Waals surface area (Å²) in [6.45, 7) is 8.94. The lowest BCUT2D eigenvalue weighted by atomic mass is 10.2. The fourth-order valence-electron chi connectivity index (χ4n) is 1.09. The van der Waals surface area contributed by atoms with Crippen LogP contribution < -0.4 is 0 Å². The maximum atomic E-state index is 8.92. The fourth-order valence-corrected chi connectivity index (χ4v) is 2.21. The van der Waals surface area contributed by atoms with Crippen molar-refractivity contribution in [1.29, 1.82) is 5.26 Å². The molecule has 0 rings (SSSR count). The average molecular weight is 184 g/mol. The number of nitriles is 1. The second-order valence-electron chi connectivity index (χ2n) is 4.22. The first-order chi connectivity index (χ1) is 5.43. The van der Waals surface area contributed by atoms with E-state index >= 15 is 0 Å². The van der Waals surface area contributed by atoms with Crippen molar-refractivity contribution in [3.8, 4) is 6.07 Å². The van der Waals surface area contributed by atoms with E-state index in [9.17, 15) is 0 Å². The molecule has 0 saturated heterocycles. The van der Waals surface area contributed by atoms with E-state index in [1.807, 2.05) is 0 Å². The third-order valence-electron chi connectivity index (χ3n) is 2.24. The summed E-state index contributed by atoms with van der Waals surface area (Å²) in [4.78, 5) is 0. The molecule has 0 aromatic rings. The molecule has 0 aromatic heterocycles. The molecule has 0 aliphatic heterocycles. The van der Waals surface area contributed by atoms with Crippen LogP contribution in [0.15, 0.2) is 0 Å². The molecule has 0 saturated carbocycles. The predicted octanol–water partition coefficient (Wildman–Crippen LogP) is 2.45. The molecule has 70 valence electrons. The van der Waals surface area contributed by atoms with Gasteiger partial charge in [0.05, 0.1) is 12.1 Å². The molecule has 0 aliphatic carbocycles. The van der Waals surface area contributed by atoms with Crippen LogP contribution in [0.3, 0.4) is 0 Å². The quantitative estimate of drug-likeness (QED) is 0.628. The molecule has 1 atom stereocenters. The molecule has 2 nitrogen and oxygen atoms in total. The van der Waals surface area contributed by atoms with Crippen LogP contribution in [0, 0.1) is 11.3 Å². The van der Waals surface area contributed by atoms with Gasteiger partial charge in [-0.15, -0.1) is 0 Å². The summed E-state index contributed by atoms with van der Waals surface area (Å²) >= 11 is 0. The summed E-state index contributed by atoms with van der Waals surface area (Å²) in [5.74, 6) is 0. The van der Waals surface area contributed by atoms with E-state index in [0.717, 1.165) is 12.8 Å². The van der Waals surface area contributed by atoms with Crippen LogP contribution in [0.4, 0.5) is 0 Å². The highest BCUT2D eigenvalue weighted by Crippen LogP contribution is 2.13. The first kappa shape index (κ1) is 11.7. The Bertz CT molecular complexity index is 166. The molecule has 12 heavy (non-hydrogen) atoms. The molecule has 3 heteroatoms. The number of hydrogen-bond donors (Lipinski definition) is 0. The zero-order valence-electron chi connectivity index (χ0n) is 8.89. The molecular formula is C9H20N2Si. The number of nitrogens with zero attached hydrogens (tertiary/aromatic N) is 2. The van der Waals surface area contributed by atoms with Crippen molar-refractivity contribution in [1.82, 2.24) is 4.57 Å². The zero-order chi connectivity index (χ0) is 9.78. The molecular weight excluding hydrogens is 164 g/mol. The minimum atomic E-state index is -1.27. The van der Waals surface area contributed by atoms with Crippen LogP contribution in [0.25, 0.3) is 0 Å². The third-order valence-corrected chi connectivity index (χ3v) is 4.66. The minimum Gasteiger partial charge on any atom is -0.312 e. The monoisotopic (exact) mass is 184 g/mol. The van der Waals surface area contributed by atoms with Crippen LogP contribution in [0.2, 0.25) is 19.6 Å². The Morgan fingerprint density at radius 3 is 2.17 bits per heavy atom. The summed E-state index contributed by atoms with van der Waals surface area (Å²) in [6, 6.07) is 2.50. The van der Waals surface area contributed by atoms with Gasteiger partial charge in [-0.2, -0.15) is 5.26 Å². The Hall–Kier alpha value is -0.333. The van der Waals surface area contributed by atoms with Gasteiger partial charge in [0.15, 0.2) is 0 Å². The molecule has 0 bridgehead atoms. The molecule has 0 radical (unpaired) electrons. The molecule has 0 spiro atoms. The number of rotatable bonds is 4. The van der Waals surface area contributed by atoms with Gasteiger partial charge in [-0.25, -0.2) is 0 Å². The molecule has 0 N–H and O–H groups in total. The molecule has 0 aliphatic rings. The standard InChI is InChI=1S/C9H20N2Si/c1-6-7-9(8-10)11(2)12(3,4)5/h9H,6-7H2,1-5H3. The second-order valence-corrected chi connectivity index (χ2v) is 9.26. The van der Waals surface area contributed by atoms with Crippen molar-refractivity contribution < 1.29 is 0 Å². The summed E-state index contributed by atoms with van der Waals surface area (Å²) in [6.07, 6.45) is 2.09. The predicted molar refractivity (Wildman–Crippen MR) is 55.4 cm³/mol. The fraction of sp³-hybridized carbons (Fsp3) is 0.889. The lowest BCUT2D eigenvalue weighted by molar-refractivity contribution is 0.413. The van der Waals surface area contributed by atoms with Gasteiger partial charge in [0, 0.05) is 0 Å². The first-order valence-electron chi connectivity index (χ1n) is 4.56. The Morgan fingerprint density at radius 2 is 1.92 bits per heavy atom. The largest absolute Gasteiger partial charge is 0.312 e. The van der Waals surface area contributed by atoms with Gasteiger partial charge < -0.3 is 4.57 Å². The van der Waals surface area contributed by atoms with Crippen molar-refractivity contribution in [2.45, 2.75) is 45.4 Å². The third kappa shape index (κ3) is 3.38. The normalized spacial score (nSPS) is 14.4. The zero-order valence-corrected chi connectivity index (χ0v) is 9.89. The van der Waals surface area contributed by atoms with E-state index in [0.29, 0.717) is 0 Å². The van der Waals surface area contributed by atoms with Gasteiger partial charge in [-0.05, 0) is 13.5 Å². The van der Waals surface area contributed by atoms with E-state index in [2.05, 4.69) is 44.2 Å². The Morgan fingerprint density at radius 1 is 1.42 bits per heavy atom. The minimum absolute atomic E-state index is 0.127. The Kier molecular flexibility index (Phi) is 4.51. The van der Waals surface area contributed by atoms with E-state index in [1.165, 1.54) is 0 Å². The maximum Gasteiger partial charge on any atom is 0.120 e. The lowest BCUT2D eigenvalue weighted by Crippen LogP contribution is -2.48. The summed E-state index contributed by atoms with van der Waals surface area (Å²) in [7, 11) is 0.808. The van der Waals surface area contributed by atoms with Crippen LogP contribution in [-0.4, -0.2) is 25.9 Å². The van der Waals surface area contributed by atoms with Crippen molar-refractivity contribution in [3.05, 3.63) is 0 Å². The van der Waals surface area contributed by atoms with Gasteiger partial charge in [0.1, 0.15) is 8.24 Å². The van der Waals surface area contributed by atoms with Gasteiger partial charge in [0.2, 0.25) is 0 Å². The molecule has 0 amide bonds. The van der Waals surface area contributed by atoms with E-state index in [1.54, 1.807) is 0 Å². The molecule has 1 unspecified atom stereocenters. The lowest BCUT2D eigenvalue weighted by Gasteiger charge is -2.33. The van der Waals surface area contributed by atoms with Gasteiger partial charge in [-0.1, -0.05) is 33.0 Å². The van der Waals surface area contributed by atoms with Crippen LogP contribution in [0.5, 0.6) is 0 Å². The molecule has 0 heterocycles. The molecule has 0 fully saturated rings. The van der Waals surface area contributed by atoms with E-state index < -0.39 is 8.24 Å². The van der Waals surface area contributed by atoms with Gasteiger partial charge >= 0.3 is 0 Å². The van der Waals surface area contributed by atoms with E-state index in [-0.39, 0.29) is 6.04 Å². The van der Waals surface area contributed by atoms with Crippen molar-refractivity contribution >= 4 is 8.24 Å². The Labute approximate surface area is 77.3 Å². The summed E-state index contributed by atoms with van der Waals surface area (Å²) in [5.41, 5.74) is 0. The van der Waals surface area contributed by atoms with Crippen molar-refractivity contribution in [2.24, 2.45) is 0 Å². The summed E-state index contributed by atoms with van der Waals surface area (Å²) < 4.78 is 2.27. The highest BCUT2D eigenvalue weighted by molar-refractivity contribution is 6.73. The highest BCUT2D eigenvalue weighted by atomic mass is 28.3. The van der Waals surface area contributed by atoms with Gasteiger partial charge in [-0.3, -0.25) is 0 Å². The number of hydrogen-bond acceptors (Lipinski definition) is 2. The van der Waals surface area contributed by atoms with Gasteiger partial charge in [0.25, 0.3) is 0 Å². The first-order valence-corrected chi connectivity index (χ1v) is 8.00. The highest BCUT2D eigenvalue weighted by Gasteiger charge is 2.26. The molecule has 0 aromatic carbocycles. The maximum absolute atomic E-state index is 8.92. The topological polar surface area (TPSA) is 27.0 Å². The van der Waals surface area contributed by atoms with Crippen LogP contribution in [0.1, 0.15) is 19.8 Å². The Balaban J connectivity index is 4.24. The SMILES string of the molecule is CCCC(C#N)N(C)[Si](C)(C)C. The van der Waals surface area contributed by atoms with Crippen LogP contribution >= 0.6 is 0 Å². The van der Waals surface area contributed by atoms with Crippen LogP contribution in [-0.2, 0) is 0 Å². The van der Waals surface area contributed by atoms with Crippen molar-refractivity contribution in [3.63, 3.8) is 0 Å². The smallest absolute Gasteiger partial charge is 0.120 e. The average Bonchev–Trinajstić information content (AvgIpc) is 1.97. The van der Waals surface area contributed by atoms with E-state index in [4.69, 9.17) is 5.26 Å².